The van der Waals surface area contributed by atoms with Gasteiger partial charge in [0, 0.05) is 12.7 Å². The Hall–Kier alpha value is -1.45. The van der Waals surface area contributed by atoms with Gasteiger partial charge in [0.1, 0.15) is 0 Å². The molecule has 1 fully saturated rings. The number of pyridine rings is 1. The van der Waals surface area contributed by atoms with Crippen LogP contribution in [0.2, 0.25) is 0 Å². The maximum absolute atomic E-state index is 11.7. The zero-order valence-electron chi connectivity index (χ0n) is 8.56. The van der Waals surface area contributed by atoms with Crippen molar-refractivity contribution in [2.45, 2.75) is 32.2 Å². The predicted octanol–water partition coefficient (Wildman–Crippen LogP) is 2.44. The summed E-state index contributed by atoms with van der Waals surface area (Å²) in [7, 11) is 0. The van der Waals surface area contributed by atoms with Crippen LogP contribution in [0.1, 0.15) is 25.7 Å². The molecule has 1 aliphatic rings. The molecule has 0 radical (unpaired) electrons. The smallest absolute Gasteiger partial charge is 0.280 e. The van der Waals surface area contributed by atoms with Crippen LogP contribution in [0.15, 0.2) is 28.3 Å². The number of nitroso groups, excluding NO2 is 1. The highest BCUT2D eigenvalue weighted by atomic mass is 16.3. The number of hydrogen-bond donors (Lipinski definition) is 0. The van der Waals surface area contributed by atoms with E-state index in [-0.39, 0.29) is 11.2 Å². The van der Waals surface area contributed by atoms with Crippen LogP contribution in [-0.4, -0.2) is 4.57 Å². The first-order chi connectivity index (χ1) is 7.31. The van der Waals surface area contributed by atoms with Crippen LogP contribution >= 0.6 is 0 Å². The Morgan fingerprint density at radius 1 is 1.40 bits per heavy atom. The second-order valence-corrected chi connectivity index (χ2v) is 4.09. The van der Waals surface area contributed by atoms with Crippen molar-refractivity contribution in [2.75, 3.05) is 0 Å². The Kier molecular flexibility index (Phi) is 2.94. The molecule has 0 bridgehead atoms. The third kappa shape index (κ3) is 2.14. The predicted molar refractivity (Wildman–Crippen MR) is 58.1 cm³/mol. The molecule has 0 aromatic carbocycles. The van der Waals surface area contributed by atoms with E-state index >= 15 is 0 Å². The summed E-state index contributed by atoms with van der Waals surface area (Å²) in [5.74, 6) is 0.588. The molecule has 0 aliphatic heterocycles. The molecule has 15 heavy (non-hydrogen) atoms. The summed E-state index contributed by atoms with van der Waals surface area (Å²) < 4.78 is 1.60. The van der Waals surface area contributed by atoms with E-state index in [9.17, 15) is 9.70 Å². The lowest BCUT2D eigenvalue weighted by Gasteiger charge is -2.11. The summed E-state index contributed by atoms with van der Waals surface area (Å²) in [5.41, 5.74) is -0.255. The van der Waals surface area contributed by atoms with Crippen molar-refractivity contribution in [1.29, 1.82) is 0 Å². The van der Waals surface area contributed by atoms with Gasteiger partial charge < -0.3 is 4.57 Å². The molecule has 0 atom stereocenters. The van der Waals surface area contributed by atoms with Crippen LogP contribution in [0.4, 0.5) is 5.69 Å². The summed E-state index contributed by atoms with van der Waals surface area (Å²) in [6.07, 6.45) is 6.61. The summed E-state index contributed by atoms with van der Waals surface area (Å²) in [4.78, 5) is 22.0. The average molecular weight is 206 g/mol. The maximum atomic E-state index is 11.7. The molecule has 4 nitrogen and oxygen atoms in total. The first-order valence-electron chi connectivity index (χ1n) is 5.34. The van der Waals surface area contributed by atoms with E-state index in [4.69, 9.17) is 0 Å². The Bertz CT molecular complexity index is 405. The molecule has 1 aromatic heterocycles. The third-order valence-corrected chi connectivity index (χ3v) is 3.03. The molecule has 1 heterocycles. The fraction of sp³-hybridized carbons (Fsp3) is 0.545. The summed E-state index contributed by atoms with van der Waals surface area (Å²) in [6, 6.07) is 3.16. The molecule has 1 aliphatic carbocycles. The normalized spacial score (nSPS) is 16.8. The van der Waals surface area contributed by atoms with Crippen molar-refractivity contribution in [1.82, 2.24) is 4.57 Å². The minimum atomic E-state index is -0.264. The van der Waals surface area contributed by atoms with E-state index < -0.39 is 0 Å². The summed E-state index contributed by atoms with van der Waals surface area (Å²) in [5, 5.41) is 2.72. The minimum absolute atomic E-state index is 0.00972. The highest BCUT2D eigenvalue weighted by Crippen LogP contribution is 2.25. The summed E-state index contributed by atoms with van der Waals surface area (Å²) >= 11 is 0. The maximum Gasteiger partial charge on any atom is 0.280 e. The van der Waals surface area contributed by atoms with Gasteiger partial charge in [0.05, 0.1) is 0 Å². The Morgan fingerprint density at radius 2 is 2.13 bits per heavy atom. The van der Waals surface area contributed by atoms with Crippen LogP contribution in [-0.2, 0) is 6.54 Å². The van der Waals surface area contributed by atoms with Crippen molar-refractivity contribution >= 4 is 5.69 Å². The number of rotatable bonds is 3. The van der Waals surface area contributed by atoms with E-state index in [1.165, 1.54) is 31.7 Å². The first-order valence-corrected chi connectivity index (χ1v) is 5.34. The van der Waals surface area contributed by atoms with Gasteiger partial charge in [-0.2, -0.15) is 0 Å². The molecule has 1 saturated carbocycles. The molecular formula is C11H14N2O2. The molecule has 0 spiro atoms. The van der Waals surface area contributed by atoms with Crippen molar-refractivity contribution < 1.29 is 0 Å². The first kappa shape index (κ1) is 10.1. The van der Waals surface area contributed by atoms with Crippen LogP contribution in [0.3, 0.4) is 0 Å². The van der Waals surface area contributed by atoms with E-state index in [1.54, 1.807) is 16.8 Å². The zero-order valence-corrected chi connectivity index (χ0v) is 8.56. The van der Waals surface area contributed by atoms with Gasteiger partial charge in [-0.3, -0.25) is 4.79 Å². The number of hydrogen-bond acceptors (Lipinski definition) is 3. The second-order valence-electron chi connectivity index (χ2n) is 4.09. The third-order valence-electron chi connectivity index (χ3n) is 3.03. The van der Waals surface area contributed by atoms with Crippen molar-refractivity contribution in [3.8, 4) is 0 Å². The van der Waals surface area contributed by atoms with Gasteiger partial charge in [0.15, 0.2) is 5.69 Å². The molecule has 0 N–H and O–H groups in total. The van der Waals surface area contributed by atoms with Crippen LogP contribution < -0.4 is 5.56 Å². The summed E-state index contributed by atoms with van der Waals surface area (Å²) in [6.45, 7) is 0.724. The van der Waals surface area contributed by atoms with Crippen molar-refractivity contribution in [2.24, 2.45) is 11.1 Å². The molecular weight excluding hydrogens is 192 g/mol. The lowest BCUT2D eigenvalue weighted by Crippen LogP contribution is -2.22. The number of aromatic nitrogens is 1. The van der Waals surface area contributed by atoms with Gasteiger partial charge >= 0.3 is 0 Å². The van der Waals surface area contributed by atoms with E-state index in [0.29, 0.717) is 5.92 Å². The highest BCUT2D eigenvalue weighted by Gasteiger charge is 2.16. The van der Waals surface area contributed by atoms with Crippen LogP contribution in [0.25, 0.3) is 0 Å². The van der Waals surface area contributed by atoms with Crippen molar-refractivity contribution in [3.05, 3.63) is 33.6 Å². The Labute approximate surface area is 87.9 Å². The molecule has 2 rings (SSSR count). The number of nitrogens with zero attached hydrogens (tertiary/aromatic N) is 2. The molecule has 0 unspecified atom stereocenters. The van der Waals surface area contributed by atoms with Gasteiger partial charge in [0.2, 0.25) is 0 Å². The Balaban J connectivity index is 2.20. The quantitative estimate of drug-likeness (QED) is 0.713. The lowest BCUT2D eigenvalue weighted by atomic mass is 10.1. The average Bonchev–Trinajstić information content (AvgIpc) is 2.74. The topological polar surface area (TPSA) is 51.4 Å². The standard InChI is InChI=1S/C11H14N2O2/c14-11-10(12-15)6-3-7-13(11)8-9-4-1-2-5-9/h3,6-7,9H,1-2,4-5,8H2. The van der Waals surface area contributed by atoms with Gasteiger partial charge in [-0.05, 0) is 36.1 Å². The highest BCUT2D eigenvalue weighted by molar-refractivity contribution is 5.32. The second kappa shape index (κ2) is 4.38. The van der Waals surface area contributed by atoms with Gasteiger partial charge in [0.25, 0.3) is 5.56 Å². The monoisotopic (exact) mass is 206 g/mol. The van der Waals surface area contributed by atoms with Gasteiger partial charge in [-0.25, -0.2) is 0 Å². The van der Waals surface area contributed by atoms with Crippen molar-refractivity contribution in [3.63, 3.8) is 0 Å². The minimum Gasteiger partial charge on any atom is -0.313 e. The zero-order chi connectivity index (χ0) is 10.7. The lowest BCUT2D eigenvalue weighted by molar-refractivity contribution is 0.449. The largest absolute Gasteiger partial charge is 0.313 e. The van der Waals surface area contributed by atoms with Crippen LogP contribution in [0, 0.1) is 10.8 Å². The molecule has 0 saturated heterocycles. The molecule has 80 valence electrons. The van der Waals surface area contributed by atoms with E-state index in [1.807, 2.05) is 0 Å². The Morgan fingerprint density at radius 3 is 2.80 bits per heavy atom. The van der Waals surface area contributed by atoms with Gasteiger partial charge in [-0.1, -0.05) is 12.8 Å². The fourth-order valence-electron chi connectivity index (χ4n) is 2.21. The molecule has 4 heteroatoms. The fourth-order valence-corrected chi connectivity index (χ4v) is 2.21. The van der Waals surface area contributed by atoms with Gasteiger partial charge in [-0.15, -0.1) is 4.91 Å². The van der Waals surface area contributed by atoms with E-state index in [2.05, 4.69) is 5.18 Å². The molecule has 1 aromatic rings. The van der Waals surface area contributed by atoms with Crippen LogP contribution in [0.5, 0.6) is 0 Å². The SMILES string of the molecule is O=Nc1cccn(CC2CCCC2)c1=O. The molecule has 0 amide bonds. The van der Waals surface area contributed by atoms with E-state index in [0.717, 1.165) is 6.54 Å².